The first kappa shape index (κ1) is 12.0. The second kappa shape index (κ2) is 5.15. The number of aryl methyl sites for hydroxylation is 1. The Labute approximate surface area is 95.1 Å². The molecule has 0 aromatic carbocycles. The van der Waals surface area contributed by atoms with E-state index in [0.717, 1.165) is 13.1 Å². The molecule has 82 valence electrons. The smallest absolute Gasteiger partial charge is 0.144 e. The molecule has 15 heavy (non-hydrogen) atoms. The number of hydrogen-bond donors (Lipinski definition) is 0. The third kappa shape index (κ3) is 2.31. The number of rotatable bonds is 4. The van der Waals surface area contributed by atoms with Gasteiger partial charge >= 0.3 is 0 Å². The van der Waals surface area contributed by atoms with Crippen LogP contribution in [0.3, 0.4) is 0 Å². The molecule has 1 unspecified atom stereocenters. The average molecular weight is 227 g/mol. The third-order valence-electron chi connectivity index (χ3n) is 2.45. The number of nitrogens with zero attached hydrogens (tertiary/aromatic N) is 4. The van der Waals surface area contributed by atoms with Crippen LogP contribution in [0.25, 0.3) is 0 Å². The lowest BCUT2D eigenvalue weighted by Crippen LogP contribution is -2.27. The molecule has 0 bridgehead atoms. The van der Waals surface area contributed by atoms with Crippen LogP contribution in [0.15, 0.2) is 6.33 Å². The molecule has 4 nitrogen and oxygen atoms in total. The summed E-state index contributed by atoms with van der Waals surface area (Å²) in [7, 11) is 1.81. The molecule has 1 aromatic heterocycles. The normalized spacial score (nSPS) is 12.8. The van der Waals surface area contributed by atoms with E-state index in [1.165, 1.54) is 0 Å². The Morgan fingerprint density at radius 3 is 2.53 bits per heavy atom. The molecule has 1 heterocycles. The molecule has 0 saturated carbocycles. The second-order valence-corrected chi connectivity index (χ2v) is 3.64. The van der Waals surface area contributed by atoms with E-state index in [2.05, 4.69) is 11.1 Å². The molecule has 1 aromatic rings. The summed E-state index contributed by atoms with van der Waals surface area (Å²) >= 11 is 6.06. The van der Waals surface area contributed by atoms with Crippen LogP contribution in [0.1, 0.15) is 25.6 Å². The molecule has 5 heteroatoms. The Morgan fingerprint density at radius 2 is 2.20 bits per heavy atom. The summed E-state index contributed by atoms with van der Waals surface area (Å²) in [6.45, 7) is 5.65. The van der Waals surface area contributed by atoms with Crippen molar-refractivity contribution in [1.82, 2.24) is 14.5 Å². The molecule has 0 aliphatic carbocycles. The Kier molecular flexibility index (Phi) is 4.13. The standard InChI is InChI=1S/C10H15ClN4/c1-4-15(5-2)8(6-12)9-10(11)14(3)7-13-9/h7-8H,4-5H2,1-3H3. The van der Waals surface area contributed by atoms with Gasteiger partial charge in [0.2, 0.25) is 0 Å². The molecule has 0 spiro atoms. The molecular formula is C10H15ClN4. The van der Waals surface area contributed by atoms with Gasteiger partial charge in [0, 0.05) is 7.05 Å². The Bertz CT molecular complexity index is 362. The van der Waals surface area contributed by atoms with Crippen LogP contribution in [-0.2, 0) is 7.05 Å². The van der Waals surface area contributed by atoms with Gasteiger partial charge in [-0.2, -0.15) is 5.26 Å². The highest BCUT2D eigenvalue weighted by Crippen LogP contribution is 2.24. The minimum atomic E-state index is -0.353. The van der Waals surface area contributed by atoms with E-state index in [0.29, 0.717) is 10.8 Å². The number of nitriles is 1. The highest BCUT2D eigenvalue weighted by atomic mass is 35.5. The van der Waals surface area contributed by atoms with Crippen molar-refractivity contribution in [2.24, 2.45) is 7.05 Å². The summed E-state index contributed by atoms with van der Waals surface area (Å²) in [5.74, 6) is 0. The van der Waals surface area contributed by atoms with Crippen molar-refractivity contribution < 1.29 is 0 Å². The van der Waals surface area contributed by atoms with Crippen LogP contribution in [0.2, 0.25) is 5.15 Å². The molecule has 1 rings (SSSR count). The van der Waals surface area contributed by atoms with Gasteiger partial charge in [-0.05, 0) is 13.1 Å². The fourth-order valence-corrected chi connectivity index (χ4v) is 1.72. The molecule has 0 fully saturated rings. The van der Waals surface area contributed by atoms with Crippen molar-refractivity contribution in [2.45, 2.75) is 19.9 Å². The second-order valence-electron chi connectivity index (χ2n) is 3.28. The summed E-state index contributed by atoms with van der Waals surface area (Å²) in [6.07, 6.45) is 1.63. The minimum absolute atomic E-state index is 0.353. The lowest BCUT2D eigenvalue weighted by atomic mass is 10.2. The number of hydrogen-bond acceptors (Lipinski definition) is 3. The summed E-state index contributed by atoms with van der Waals surface area (Å²) in [4.78, 5) is 6.19. The number of aromatic nitrogens is 2. The van der Waals surface area contributed by atoms with Gasteiger partial charge in [-0.15, -0.1) is 0 Å². The molecule has 0 N–H and O–H groups in total. The maximum absolute atomic E-state index is 9.15. The predicted octanol–water partition coefficient (Wildman–Crippen LogP) is 1.98. The Balaban J connectivity index is 3.03. The van der Waals surface area contributed by atoms with Gasteiger partial charge in [0.05, 0.1) is 12.4 Å². The lowest BCUT2D eigenvalue weighted by molar-refractivity contribution is 0.259. The van der Waals surface area contributed by atoms with Gasteiger partial charge in [-0.25, -0.2) is 4.98 Å². The van der Waals surface area contributed by atoms with Gasteiger partial charge in [-0.3, -0.25) is 4.90 Å². The van der Waals surface area contributed by atoms with E-state index in [4.69, 9.17) is 16.9 Å². The fourth-order valence-electron chi connectivity index (χ4n) is 1.52. The molecular weight excluding hydrogens is 212 g/mol. The van der Waals surface area contributed by atoms with Crippen LogP contribution >= 0.6 is 11.6 Å². The average Bonchev–Trinajstić information content (AvgIpc) is 2.57. The summed E-state index contributed by atoms with van der Waals surface area (Å²) < 4.78 is 1.71. The summed E-state index contributed by atoms with van der Waals surface area (Å²) in [5.41, 5.74) is 0.644. The minimum Gasteiger partial charge on any atom is -0.325 e. The third-order valence-corrected chi connectivity index (χ3v) is 2.91. The van der Waals surface area contributed by atoms with E-state index < -0.39 is 0 Å². The van der Waals surface area contributed by atoms with E-state index >= 15 is 0 Å². The zero-order valence-corrected chi connectivity index (χ0v) is 9.99. The van der Waals surface area contributed by atoms with Crippen molar-refractivity contribution in [2.75, 3.05) is 13.1 Å². The fraction of sp³-hybridized carbons (Fsp3) is 0.600. The molecule has 1 atom stereocenters. The SMILES string of the molecule is CCN(CC)C(C#N)c1ncn(C)c1Cl. The van der Waals surface area contributed by atoms with Crippen molar-refractivity contribution in [1.29, 1.82) is 5.26 Å². The first-order valence-corrected chi connectivity index (χ1v) is 5.33. The van der Waals surface area contributed by atoms with E-state index in [1.807, 2.05) is 25.8 Å². The maximum Gasteiger partial charge on any atom is 0.144 e. The molecule has 0 aliphatic heterocycles. The largest absolute Gasteiger partial charge is 0.325 e. The van der Waals surface area contributed by atoms with Gasteiger partial charge in [0.15, 0.2) is 0 Å². The van der Waals surface area contributed by atoms with E-state index in [1.54, 1.807) is 10.9 Å². The molecule has 0 radical (unpaired) electrons. The predicted molar refractivity (Wildman–Crippen MR) is 59.5 cm³/mol. The number of halogens is 1. The topological polar surface area (TPSA) is 44.9 Å². The van der Waals surface area contributed by atoms with Crippen molar-refractivity contribution in [3.63, 3.8) is 0 Å². The summed E-state index contributed by atoms with van der Waals surface area (Å²) in [5, 5.41) is 9.68. The van der Waals surface area contributed by atoms with Gasteiger partial charge < -0.3 is 4.57 Å². The molecule has 0 amide bonds. The first-order chi connectivity index (χ1) is 7.15. The zero-order valence-electron chi connectivity index (χ0n) is 9.24. The first-order valence-electron chi connectivity index (χ1n) is 4.96. The highest BCUT2D eigenvalue weighted by Gasteiger charge is 2.23. The lowest BCUT2D eigenvalue weighted by Gasteiger charge is -2.22. The van der Waals surface area contributed by atoms with E-state index in [-0.39, 0.29) is 6.04 Å². The maximum atomic E-state index is 9.15. The van der Waals surface area contributed by atoms with Gasteiger partial charge in [0.1, 0.15) is 16.9 Å². The molecule has 0 saturated heterocycles. The Hall–Kier alpha value is -1.05. The van der Waals surface area contributed by atoms with Gasteiger partial charge in [0.25, 0.3) is 0 Å². The van der Waals surface area contributed by atoms with Crippen molar-refractivity contribution >= 4 is 11.6 Å². The van der Waals surface area contributed by atoms with Gasteiger partial charge in [-0.1, -0.05) is 25.4 Å². The number of imidazole rings is 1. The van der Waals surface area contributed by atoms with Crippen LogP contribution < -0.4 is 0 Å². The Morgan fingerprint density at radius 1 is 1.60 bits per heavy atom. The zero-order chi connectivity index (χ0) is 11.4. The highest BCUT2D eigenvalue weighted by molar-refractivity contribution is 6.30. The quantitative estimate of drug-likeness (QED) is 0.789. The summed E-state index contributed by atoms with van der Waals surface area (Å²) in [6, 6.07) is 1.89. The van der Waals surface area contributed by atoms with Crippen molar-refractivity contribution in [3.8, 4) is 6.07 Å². The van der Waals surface area contributed by atoms with Crippen LogP contribution in [-0.4, -0.2) is 27.5 Å². The van der Waals surface area contributed by atoms with E-state index in [9.17, 15) is 0 Å². The molecule has 0 aliphatic rings. The van der Waals surface area contributed by atoms with Crippen LogP contribution in [0, 0.1) is 11.3 Å². The van der Waals surface area contributed by atoms with Crippen LogP contribution in [0.5, 0.6) is 0 Å². The van der Waals surface area contributed by atoms with Crippen molar-refractivity contribution in [3.05, 3.63) is 17.2 Å². The monoisotopic (exact) mass is 226 g/mol. The van der Waals surface area contributed by atoms with Crippen LogP contribution in [0.4, 0.5) is 0 Å².